The fourth-order valence-corrected chi connectivity index (χ4v) is 4.72. The molecule has 0 spiro atoms. The minimum Gasteiger partial charge on any atom is -0.481 e. The maximum absolute atomic E-state index is 13.4. The van der Waals surface area contributed by atoms with Crippen LogP contribution in [0.1, 0.15) is 27.8 Å². The van der Waals surface area contributed by atoms with Gasteiger partial charge in [0.25, 0.3) is 5.91 Å². The Labute approximate surface area is 215 Å². The van der Waals surface area contributed by atoms with E-state index in [0.717, 1.165) is 24.0 Å². The third kappa shape index (κ3) is 5.85. The third-order valence-electron chi connectivity index (χ3n) is 5.85. The van der Waals surface area contributed by atoms with Crippen molar-refractivity contribution in [3.63, 3.8) is 0 Å². The van der Waals surface area contributed by atoms with Gasteiger partial charge >= 0.3 is 18.3 Å². The smallest absolute Gasteiger partial charge is 0.416 e. The molecule has 0 radical (unpaired) electrons. The summed E-state index contributed by atoms with van der Waals surface area (Å²) in [6.45, 7) is 0.0387. The summed E-state index contributed by atoms with van der Waals surface area (Å²) in [6, 6.07) is 5.94. The summed E-state index contributed by atoms with van der Waals surface area (Å²) in [7, 11) is 0. The molecule has 4 rings (SSSR count). The number of alkyl halides is 6. The van der Waals surface area contributed by atoms with Crippen LogP contribution in [-0.2, 0) is 28.5 Å². The highest BCUT2D eigenvalue weighted by molar-refractivity contribution is 8.18. The van der Waals surface area contributed by atoms with E-state index >= 15 is 0 Å². The van der Waals surface area contributed by atoms with Crippen molar-refractivity contribution in [1.29, 1.82) is 5.41 Å². The standard InChI is InChI=1S/C24H18F6N4O3S/c25-23(26,27)16-3-2-13(17(7-16)24(28,29)30)9-32-18-4-1-12(5-14(18)8-31)6-19-20(35)33-22(38-19)34-10-15(11-34)21(36)37/h1-8,15,31-32H,9-11H2,(H,36,37)/b19-6-,31-8?. The summed E-state index contributed by atoms with van der Waals surface area (Å²) < 4.78 is 79.0. The van der Waals surface area contributed by atoms with Gasteiger partial charge in [-0.15, -0.1) is 0 Å². The number of likely N-dealkylation sites (tertiary alicyclic amines) is 1. The number of nitrogens with one attached hydrogen (secondary N) is 2. The summed E-state index contributed by atoms with van der Waals surface area (Å²) >= 11 is 1.08. The number of carboxylic acids is 1. The van der Waals surface area contributed by atoms with Crippen LogP contribution in [0.4, 0.5) is 32.0 Å². The average Bonchev–Trinajstić information content (AvgIpc) is 3.14. The molecule has 0 bridgehead atoms. The number of carbonyl (C=O) groups excluding carboxylic acids is 1. The molecule has 0 aromatic heterocycles. The van der Waals surface area contributed by atoms with E-state index in [1.54, 1.807) is 11.0 Å². The van der Waals surface area contributed by atoms with Gasteiger partial charge in [0.2, 0.25) is 0 Å². The number of anilines is 1. The Morgan fingerprint density at radius 3 is 2.45 bits per heavy atom. The molecular weight excluding hydrogens is 538 g/mol. The van der Waals surface area contributed by atoms with Crippen molar-refractivity contribution in [1.82, 2.24) is 4.90 Å². The maximum atomic E-state index is 13.4. The number of thioether (sulfide) groups is 1. The van der Waals surface area contributed by atoms with Crippen molar-refractivity contribution in [2.45, 2.75) is 18.9 Å². The SMILES string of the molecule is N=Cc1cc(/C=C2\SC(N3CC(C(=O)O)C3)=NC2=O)ccc1NCc1ccc(C(F)(F)F)cc1C(F)(F)F. The van der Waals surface area contributed by atoms with Crippen molar-refractivity contribution < 1.29 is 41.0 Å². The fourth-order valence-electron chi connectivity index (χ4n) is 3.79. The highest BCUT2D eigenvalue weighted by Gasteiger charge is 2.39. The highest BCUT2D eigenvalue weighted by Crippen LogP contribution is 2.38. The zero-order valence-corrected chi connectivity index (χ0v) is 20.0. The second kappa shape index (κ2) is 10.2. The van der Waals surface area contributed by atoms with Crippen LogP contribution in [0.3, 0.4) is 0 Å². The van der Waals surface area contributed by atoms with Crippen LogP contribution in [0.2, 0.25) is 0 Å². The largest absolute Gasteiger partial charge is 0.481 e. The molecular formula is C24H18F6N4O3S. The van der Waals surface area contributed by atoms with Crippen molar-refractivity contribution in [3.05, 3.63) is 69.1 Å². The van der Waals surface area contributed by atoms with E-state index < -0.39 is 53.4 Å². The molecule has 2 aromatic carbocycles. The van der Waals surface area contributed by atoms with Crippen LogP contribution in [0.15, 0.2) is 46.3 Å². The van der Waals surface area contributed by atoms with Crippen LogP contribution < -0.4 is 5.32 Å². The fraction of sp³-hybridized carbons (Fsp3) is 0.250. The lowest BCUT2D eigenvalue weighted by Gasteiger charge is -2.37. The van der Waals surface area contributed by atoms with Gasteiger partial charge in [-0.1, -0.05) is 12.1 Å². The average molecular weight is 556 g/mol. The van der Waals surface area contributed by atoms with E-state index in [0.29, 0.717) is 16.8 Å². The molecule has 0 atom stereocenters. The topological polar surface area (TPSA) is 106 Å². The van der Waals surface area contributed by atoms with E-state index in [9.17, 15) is 35.9 Å². The Morgan fingerprint density at radius 1 is 1.13 bits per heavy atom. The van der Waals surface area contributed by atoms with Gasteiger partial charge in [0.15, 0.2) is 5.17 Å². The van der Waals surface area contributed by atoms with E-state index in [1.165, 1.54) is 18.2 Å². The number of carbonyl (C=O) groups is 2. The lowest BCUT2D eigenvalue weighted by molar-refractivity contribution is -0.146. The molecule has 0 aliphatic carbocycles. The number of aliphatic carboxylic acids is 1. The van der Waals surface area contributed by atoms with Crippen molar-refractivity contribution in [3.8, 4) is 0 Å². The van der Waals surface area contributed by atoms with Crippen LogP contribution in [0.25, 0.3) is 6.08 Å². The van der Waals surface area contributed by atoms with Crippen LogP contribution in [-0.4, -0.2) is 46.4 Å². The zero-order valence-electron chi connectivity index (χ0n) is 19.2. The Balaban J connectivity index is 1.48. The Kier molecular flexibility index (Phi) is 7.28. The van der Waals surface area contributed by atoms with Crippen molar-refractivity contribution in [2.75, 3.05) is 18.4 Å². The van der Waals surface area contributed by atoms with Crippen LogP contribution >= 0.6 is 11.8 Å². The minimum absolute atomic E-state index is 0.0679. The number of aliphatic imine (C=N–C) groups is 1. The number of amidine groups is 1. The molecule has 1 saturated heterocycles. The second-order valence-electron chi connectivity index (χ2n) is 8.46. The lowest BCUT2D eigenvalue weighted by Crippen LogP contribution is -2.51. The van der Waals surface area contributed by atoms with E-state index in [-0.39, 0.29) is 35.3 Å². The zero-order chi connectivity index (χ0) is 27.8. The number of hydrogen-bond donors (Lipinski definition) is 3. The summed E-state index contributed by atoms with van der Waals surface area (Å²) in [6.07, 6.45) is -7.47. The molecule has 7 nitrogen and oxygen atoms in total. The molecule has 14 heteroatoms. The molecule has 2 aromatic rings. The Hall–Kier alpha value is -3.81. The first kappa shape index (κ1) is 27.2. The van der Waals surface area contributed by atoms with Gasteiger partial charge in [-0.2, -0.15) is 31.3 Å². The number of hydrogen-bond acceptors (Lipinski definition) is 6. The van der Waals surface area contributed by atoms with Crippen molar-refractivity contribution >= 4 is 46.8 Å². The number of rotatable bonds is 6. The first-order valence-corrected chi connectivity index (χ1v) is 11.7. The Bertz CT molecular complexity index is 1360. The van der Waals surface area contributed by atoms with Crippen LogP contribution in [0, 0.1) is 11.3 Å². The first-order valence-electron chi connectivity index (χ1n) is 10.9. The molecule has 1 fully saturated rings. The minimum atomic E-state index is -5.00. The second-order valence-corrected chi connectivity index (χ2v) is 9.47. The number of amides is 1. The molecule has 0 saturated carbocycles. The lowest BCUT2D eigenvalue weighted by atomic mass is 10.0. The molecule has 0 unspecified atom stereocenters. The Morgan fingerprint density at radius 2 is 1.84 bits per heavy atom. The van der Waals surface area contributed by atoms with Crippen molar-refractivity contribution in [2.24, 2.45) is 10.9 Å². The number of benzene rings is 2. The highest BCUT2D eigenvalue weighted by atomic mass is 32.2. The van der Waals surface area contributed by atoms with E-state index in [4.69, 9.17) is 10.5 Å². The van der Waals surface area contributed by atoms with Gasteiger partial charge in [0.05, 0.1) is 21.9 Å². The summed E-state index contributed by atoms with van der Waals surface area (Å²) in [4.78, 5) is 29.1. The quantitative estimate of drug-likeness (QED) is 0.253. The first-order chi connectivity index (χ1) is 17.8. The molecule has 2 aliphatic rings. The van der Waals surface area contributed by atoms with E-state index in [2.05, 4.69) is 10.3 Å². The van der Waals surface area contributed by atoms with Gasteiger partial charge in [0, 0.05) is 37.1 Å². The van der Waals surface area contributed by atoms with Gasteiger partial charge in [0.1, 0.15) is 0 Å². The van der Waals surface area contributed by atoms with Crippen LogP contribution in [0.5, 0.6) is 0 Å². The molecule has 38 heavy (non-hydrogen) atoms. The predicted molar refractivity (Wildman–Crippen MR) is 129 cm³/mol. The van der Waals surface area contributed by atoms with Gasteiger partial charge in [-0.25, -0.2) is 0 Å². The molecule has 2 aliphatic heterocycles. The molecule has 3 N–H and O–H groups in total. The number of halogens is 6. The number of carboxylic acid groups (broad SMARTS) is 1. The van der Waals surface area contributed by atoms with Gasteiger partial charge in [-0.3, -0.25) is 9.59 Å². The van der Waals surface area contributed by atoms with E-state index in [1.807, 2.05) is 0 Å². The van der Waals surface area contributed by atoms with Gasteiger partial charge in [-0.05, 0) is 53.2 Å². The maximum Gasteiger partial charge on any atom is 0.416 e. The predicted octanol–water partition coefficient (Wildman–Crippen LogP) is 5.32. The number of nitrogens with zero attached hydrogens (tertiary/aromatic N) is 2. The summed E-state index contributed by atoms with van der Waals surface area (Å²) in [5, 5.41) is 19.8. The monoisotopic (exact) mass is 556 g/mol. The normalized spacial score (nSPS) is 17.4. The molecule has 200 valence electrons. The third-order valence-corrected chi connectivity index (χ3v) is 6.90. The summed E-state index contributed by atoms with van der Waals surface area (Å²) in [5.74, 6) is -1.96. The summed E-state index contributed by atoms with van der Waals surface area (Å²) in [5.41, 5.74) is -2.20. The molecule has 2 heterocycles. The molecule has 1 amide bonds. The van der Waals surface area contributed by atoms with Gasteiger partial charge < -0.3 is 20.7 Å².